The van der Waals surface area contributed by atoms with Crippen LogP contribution in [0.1, 0.15) is 6.92 Å². The molecule has 2 saturated heterocycles. The van der Waals surface area contributed by atoms with Crippen LogP contribution in [0, 0.1) is 5.41 Å². The molecule has 0 bridgehead atoms. The Morgan fingerprint density at radius 1 is 1.37 bits per heavy atom. The SMILES string of the molecule is CC(=O)N(c1cc2ccccc2s1)C1C(=O)N2CC(CO)(C(=O)O)CS[C@H]12. The fraction of sp³-hybridized carbons (Fsp3) is 0.389. The normalized spacial score (nSPS) is 27.2. The quantitative estimate of drug-likeness (QED) is 0.749. The molecule has 9 heteroatoms. The van der Waals surface area contributed by atoms with Gasteiger partial charge in [0.25, 0.3) is 0 Å². The number of carboxylic acid groups (broad SMARTS) is 1. The first-order valence-corrected chi connectivity index (χ1v) is 10.3. The lowest BCUT2D eigenvalue weighted by Gasteiger charge is -2.55. The summed E-state index contributed by atoms with van der Waals surface area (Å²) in [6.07, 6.45) is 0. The minimum Gasteiger partial charge on any atom is -0.481 e. The first-order valence-electron chi connectivity index (χ1n) is 8.43. The highest BCUT2D eigenvalue weighted by Crippen LogP contribution is 2.46. The number of thioether (sulfide) groups is 1. The van der Waals surface area contributed by atoms with Crippen molar-refractivity contribution < 1.29 is 24.6 Å². The topological polar surface area (TPSA) is 98.2 Å². The second-order valence-corrected chi connectivity index (χ2v) is 9.03. The number of carbonyl (C=O) groups excluding carboxylic acids is 2. The number of anilines is 1. The molecule has 2 N–H and O–H groups in total. The van der Waals surface area contributed by atoms with Crippen molar-refractivity contribution in [1.82, 2.24) is 4.90 Å². The van der Waals surface area contributed by atoms with Crippen LogP contribution in [0.25, 0.3) is 10.1 Å². The predicted molar refractivity (Wildman–Crippen MR) is 104 cm³/mol. The second kappa shape index (κ2) is 6.50. The number of aliphatic carboxylic acids is 1. The highest BCUT2D eigenvalue weighted by atomic mass is 32.2. The minimum absolute atomic E-state index is 0.0377. The Balaban J connectivity index is 1.64. The number of fused-ring (bicyclic) bond motifs is 2. The lowest BCUT2D eigenvalue weighted by molar-refractivity contribution is -0.159. The Bertz CT molecular complexity index is 912. The molecular weight excluding hydrogens is 388 g/mol. The molecule has 3 heterocycles. The summed E-state index contributed by atoms with van der Waals surface area (Å²) in [5, 5.41) is 20.4. The predicted octanol–water partition coefficient (Wildman–Crippen LogP) is 1.60. The van der Waals surface area contributed by atoms with Gasteiger partial charge in [-0.05, 0) is 17.5 Å². The lowest BCUT2D eigenvalue weighted by Crippen LogP contribution is -2.74. The monoisotopic (exact) mass is 406 g/mol. The van der Waals surface area contributed by atoms with Crippen LogP contribution in [-0.4, -0.2) is 63.2 Å². The van der Waals surface area contributed by atoms with E-state index < -0.39 is 24.0 Å². The number of rotatable bonds is 4. The maximum absolute atomic E-state index is 12.8. The zero-order valence-electron chi connectivity index (χ0n) is 14.5. The van der Waals surface area contributed by atoms with E-state index in [-0.39, 0.29) is 29.5 Å². The molecule has 2 aliphatic heterocycles. The van der Waals surface area contributed by atoms with Gasteiger partial charge in [-0.3, -0.25) is 19.3 Å². The average Bonchev–Trinajstić information content (AvgIpc) is 3.08. The molecule has 1 aromatic carbocycles. The van der Waals surface area contributed by atoms with Crippen molar-refractivity contribution >= 4 is 56.0 Å². The van der Waals surface area contributed by atoms with Gasteiger partial charge in [0.1, 0.15) is 16.8 Å². The van der Waals surface area contributed by atoms with E-state index >= 15 is 0 Å². The van der Waals surface area contributed by atoms with Gasteiger partial charge in [0.15, 0.2) is 0 Å². The summed E-state index contributed by atoms with van der Waals surface area (Å²) >= 11 is 2.76. The van der Waals surface area contributed by atoms with Crippen molar-refractivity contribution in [3.05, 3.63) is 30.3 Å². The Morgan fingerprint density at radius 3 is 2.74 bits per heavy atom. The number of hydrogen-bond donors (Lipinski definition) is 2. The van der Waals surface area contributed by atoms with Crippen LogP contribution in [0.15, 0.2) is 30.3 Å². The van der Waals surface area contributed by atoms with E-state index in [0.29, 0.717) is 5.00 Å². The maximum Gasteiger partial charge on any atom is 0.314 e. The molecule has 7 nitrogen and oxygen atoms in total. The number of β-lactam (4-membered cyclic amide) rings is 1. The van der Waals surface area contributed by atoms with E-state index in [1.807, 2.05) is 30.3 Å². The van der Waals surface area contributed by atoms with Crippen LogP contribution in [0.3, 0.4) is 0 Å². The van der Waals surface area contributed by atoms with Crippen LogP contribution < -0.4 is 4.90 Å². The molecule has 0 saturated carbocycles. The lowest BCUT2D eigenvalue weighted by atomic mass is 9.88. The number of aliphatic hydroxyl groups excluding tert-OH is 1. The van der Waals surface area contributed by atoms with Gasteiger partial charge in [0.05, 0.1) is 11.6 Å². The number of aliphatic hydroxyl groups is 1. The van der Waals surface area contributed by atoms with Crippen LogP contribution >= 0.6 is 23.1 Å². The first kappa shape index (κ1) is 18.3. The van der Waals surface area contributed by atoms with E-state index in [1.165, 1.54) is 39.8 Å². The summed E-state index contributed by atoms with van der Waals surface area (Å²) in [6, 6.07) is 9.03. The highest BCUT2D eigenvalue weighted by Gasteiger charge is 2.59. The van der Waals surface area contributed by atoms with E-state index in [4.69, 9.17) is 0 Å². The Hall–Kier alpha value is -2.10. The summed E-state index contributed by atoms with van der Waals surface area (Å²) in [4.78, 5) is 39.7. The molecule has 0 aliphatic carbocycles. The number of nitrogens with zero attached hydrogens (tertiary/aromatic N) is 2. The Labute approximate surface area is 163 Å². The van der Waals surface area contributed by atoms with Crippen molar-refractivity contribution in [2.45, 2.75) is 18.3 Å². The summed E-state index contributed by atoms with van der Waals surface area (Å²) in [6.45, 7) is 0.871. The number of carboxylic acids is 1. The molecule has 2 aliphatic rings. The van der Waals surface area contributed by atoms with Crippen molar-refractivity contribution in [1.29, 1.82) is 0 Å². The fourth-order valence-electron chi connectivity index (χ4n) is 3.58. The largest absolute Gasteiger partial charge is 0.481 e. The number of hydrogen-bond acceptors (Lipinski definition) is 6. The van der Waals surface area contributed by atoms with Gasteiger partial charge in [-0.15, -0.1) is 23.1 Å². The van der Waals surface area contributed by atoms with Crippen molar-refractivity contribution in [2.75, 3.05) is 23.8 Å². The fourth-order valence-corrected chi connectivity index (χ4v) is 6.29. The molecule has 4 rings (SSSR count). The van der Waals surface area contributed by atoms with Crippen molar-refractivity contribution in [2.24, 2.45) is 5.41 Å². The maximum atomic E-state index is 12.8. The standard InChI is InChI=1S/C18H18N2O5S2/c1-10(22)20(13-6-11-4-2-3-5-12(11)27-13)14-15(23)19-7-18(8-21,17(24)25)9-26-16(14)19/h2-6,14,16,21H,7-9H2,1H3,(H,24,25)/t14?,16-,18?/m1/s1. The third kappa shape index (κ3) is 2.72. The number of thiophene rings is 1. The third-order valence-electron chi connectivity index (χ3n) is 5.14. The van der Waals surface area contributed by atoms with Crippen LogP contribution in [0.2, 0.25) is 0 Å². The van der Waals surface area contributed by atoms with Gasteiger partial charge in [0.2, 0.25) is 11.8 Å². The molecule has 0 spiro atoms. The molecule has 2 fully saturated rings. The smallest absolute Gasteiger partial charge is 0.314 e. The number of benzene rings is 1. The van der Waals surface area contributed by atoms with E-state index in [2.05, 4.69) is 0 Å². The molecule has 0 radical (unpaired) electrons. The highest BCUT2D eigenvalue weighted by molar-refractivity contribution is 8.00. The minimum atomic E-state index is -1.35. The van der Waals surface area contributed by atoms with Crippen LogP contribution in [-0.2, 0) is 14.4 Å². The van der Waals surface area contributed by atoms with Gasteiger partial charge < -0.3 is 15.1 Å². The summed E-state index contributed by atoms with van der Waals surface area (Å²) in [7, 11) is 0. The molecule has 3 atom stereocenters. The van der Waals surface area contributed by atoms with Crippen molar-refractivity contribution in [3.63, 3.8) is 0 Å². The van der Waals surface area contributed by atoms with Gasteiger partial charge in [0, 0.05) is 23.9 Å². The number of amides is 2. The van der Waals surface area contributed by atoms with Crippen LogP contribution in [0.4, 0.5) is 5.00 Å². The van der Waals surface area contributed by atoms with E-state index in [1.54, 1.807) is 0 Å². The van der Waals surface area contributed by atoms with Gasteiger partial charge in [-0.25, -0.2) is 0 Å². The molecule has 142 valence electrons. The van der Waals surface area contributed by atoms with Gasteiger partial charge >= 0.3 is 5.97 Å². The summed E-state index contributed by atoms with van der Waals surface area (Å²) in [5.74, 6) is -1.42. The second-order valence-electron chi connectivity index (χ2n) is 6.87. The molecule has 2 unspecified atom stereocenters. The zero-order valence-corrected chi connectivity index (χ0v) is 16.1. The summed E-state index contributed by atoms with van der Waals surface area (Å²) < 4.78 is 1.03. The molecule has 1 aromatic heterocycles. The van der Waals surface area contributed by atoms with E-state index in [9.17, 15) is 24.6 Å². The third-order valence-corrected chi connectivity index (χ3v) is 7.83. The molecule has 2 amide bonds. The zero-order chi connectivity index (χ0) is 19.3. The first-order chi connectivity index (χ1) is 12.9. The van der Waals surface area contributed by atoms with Crippen molar-refractivity contribution in [3.8, 4) is 0 Å². The van der Waals surface area contributed by atoms with E-state index in [0.717, 1.165) is 10.1 Å². The van der Waals surface area contributed by atoms with Gasteiger partial charge in [-0.2, -0.15) is 0 Å². The Kier molecular flexibility index (Phi) is 4.40. The number of carbonyl (C=O) groups is 3. The molecule has 2 aromatic rings. The van der Waals surface area contributed by atoms with Gasteiger partial charge in [-0.1, -0.05) is 18.2 Å². The average molecular weight is 406 g/mol. The molecule has 27 heavy (non-hydrogen) atoms. The van der Waals surface area contributed by atoms with Crippen LogP contribution in [0.5, 0.6) is 0 Å². The Morgan fingerprint density at radius 2 is 2.11 bits per heavy atom. The summed E-state index contributed by atoms with van der Waals surface area (Å²) in [5.41, 5.74) is -1.35. The molecular formula is C18H18N2O5S2.